The van der Waals surface area contributed by atoms with Crippen molar-refractivity contribution in [2.24, 2.45) is 5.41 Å². The molecule has 7 rings (SSSR count). The number of hydrogen-bond acceptors (Lipinski definition) is 7. The summed E-state index contributed by atoms with van der Waals surface area (Å²) in [6.07, 6.45) is 11.7. The van der Waals surface area contributed by atoms with Gasteiger partial charge in [0.2, 0.25) is 0 Å². The van der Waals surface area contributed by atoms with Crippen LogP contribution in [0, 0.1) is 18.2 Å². The van der Waals surface area contributed by atoms with E-state index in [2.05, 4.69) is 24.0 Å². The first kappa shape index (κ1) is 31.4. The SMILES string of the molecule is Cc1nc2cc3nn2c(c1[C@H](OC(C)(C)C)C(=O)O)N1CCC(C)(/C=C/CCCCc2cc(F)ccc2Cc2cnc-3s2)CC1. The molecule has 3 aliphatic rings. The number of thiazole rings is 1. The normalized spacial score (nSPS) is 18.6. The second-order valence-corrected chi connectivity index (χ2v) is 14.8. The van der Waals surface area contributed by atoms with Crippen LogP contribution in [-0.2, 0) is 22.4 Å². The number of carbonyl (C=O) groups is 1. The highest BCUT2D eigenvalue weighted by atomic mass is 32.1. The first-order valence-electron chi connectivity index (χ1n) is 15.9. The maximum atomic E-state index is 14.2. The van der Waals surface area contributed by atoms with Crippen LogP contribution in [0.5, 0.6) is 0 Å². The van der Waals surface area contributed by atoms with Gasteiger partial charge in [-0.05, 0) is 94.9 Å². The van der Waals surface area contributed by atoms with Crippen LogP contribution in [0.4, 0.5) is 10.2 Å². The van der Waals surface area contributed by atoms with Crippen molar-refractivity contribution in [2.75, 3.05) is 18.0 Å². The van der Waals surface area contributed by atoms with E-state index < -0.39 is 17.7 Å². The molecular formula is C35H42FN5O3S. The summed E-state index contributed by atoms with van der Waals surface area (Å²) in [6, 6.07) is 7.03. The minimum atomic E-state index is -1.21. The van der Waals surface area contributed by atoms with Gasteiger partial charge in [0.15, 0.2) is 11.8 Å². The molecule has 3 aliphatic heterocycles. The third-order valence-corrected chi connectivity index (χ3v) is 9.88. The van der Waals surface area contributed by atoms with Crippen LogP contribution in [0.1, 0.15) is 93.2 Å². The smallest absolute Gasteiger partial charge is 0.337 e. The van der Waals surface area contributed by atoms with Crippen LogP contribution in [-0.4, -0.2) is 49.3 Å². The van der Waals surface area contributed by atoms with Gasteiger partial charge in [-0.25, -0.2) is 19.2 Å². The van der Waals surface area contributed by atoms with Gasteiger partial charge >= 0.3 is 5.97 Å². The number of allylic oxidation sites excluding steroid dienone is 2. The molecule has 4 aromatic rings. The van der Waals surface area contributed by atoms with Crippen molar-refractivity contribution in [1.82, 2.24) is 19.6 Å². The number of aliphatic carboxylic acids is 1. The van der Waals surface area contributed by atoms with E-state index in [-0.39, 0.29) is 11.2 Å². The average Bonchev–Trinajstić information content (AvgIpc) is 3.61. The number of ether oxygens (including phenoxy) is 1. The molecule has 0 spiro atoms. The molecule has 1 saturated heterocycles. The summed E-state index contributed by atoms with van der Waals surface area (Å²) in [5, 5.41) is 16.2. The molecular weight excluding hydrogens is 589 g/mol. The lowest BCUT2D eigenvalue weighted by molar-refractivity contribution is -0.160. The van der Waals surface area contributed by atoms with Crippen molar-refractivity contribution in [3.05, 3.63) is 75.7 Å². The average molecular weight is 632 g/mol. The zero-order valence-electron chi connectivity index (χ0n) is 26.8. The number of nitrogens with zero attached hydrogens (tertiary/aromatic N) is 5. The van der Waals surface area contributed by atoms with Gasteiger partial charge in [-0.1, -0.05) is 25.1 Å². The van der Waals surface area contributed by atoms with Crippen LogP contribution in [0.2, 0.25) is 0 Å². The lowest BCUT2D eigenvalue weighted by Gasteiger charge is -2.40. The number of anilines is 1. The van der Waals surface area contributed by atoms with E-state index in [0.29, 0.717) is 34.8 Å². The highest BCUT2D eigenvalue weighted by molar-refractivity contribution is 7.15. The van der Waals surface area contributed by atoms with Gasteiger partial charge in [0.05, 0.1) is 11.2 Å². The molecule has 0 radical (unpaired) electrons. The van der Waals surface area contributed by atoms with Crippen molar-refractivity contribution in [3.8, 4) is 10.7 Å². The summed E-state index contributed by atoms with van der Waals surface area (Å²) in [5.74, 6) is -0.541. The molecule has 1 aromatic carbocycles. The van der Waals surface area contributed by atoms with Gasteiger partial charge in [0.25, 0.3) is 0 Å². The number of hydrogen-bond donors (Lipinski definition) is 1. The number of halogens is 1. The van der Waals surface area contributed by atoms with E-state index in [1.54, 1.807) is 21.9 Å². The van der Waals surface area contributed by atoms with Gasteiger partial charge < -0.3 is 14.7 Å². The maximum Gasteiger partial charge on any atom is 0.337 e. The van der Waals surface area contributed by atoms with Gasteiger partial charge in [0.1, 0.15) is 22.3 Å². The Kier molecular flexibility index (Phi) is 8.56. The molecule has 1 fully saturated rings. The van der Waals surface area contributed by atoms with Crippen molar-refractivity contribution >= 4 is 28.8 Å². The van der Waals surface area contributed by atoms with Gasteiger partial charge in [-0.2, -0.15) is 9.61 Å². The quantitative estimate of drug-likeness (QED) is 0.232. The zero-order valence-corrected chi connectivity index (χ0v) is 27.6. The molecule has 8 nitrogen and oxygen atoms in total. The molecule has 238 valence electrons. The summed E-state index contributed by atoms with van der Waals surface area (Å²) < 4.78 is 22.2. The van der Waals surface area contributed by atoms with Gasteiger partial charge in [0, 0.05) is 42.3 Å². The van der Waals surface area contributed by atoms with Gasteiger partial charge in [-0.15, -0.1) is 11.3 Å². The van der Waals surface area contributed by atoms with Crippen molar-refractivity contribution < 1.29 is 19.0 Å². The lowest BCUT2D eigenvalue weighted by atomic mass is 9.79. The van der Waals surface area contributed by atoms with E-state index in [9.17, 15) is 14.3 Å². The van der Waals surface area contributed by atoms with Crippen molar-refractivity contribution in [3.63, 3.8) is 0 Å². The Labute approximate surface area is 268 Å². The molecule has 1 atom stereocenters. The largest absolute Gasteiger partial charge is 0.479 e. The van der Waals surface area contributed by atoms with E-state index in [1.807, 2.05) is 46.0 Å². The second kappa shape index (κ2) is 12.3. The molecule has 1 N–H and O–H groups in total. The molecule has 6 bridgehead atoms. The Morgan fingerprint density at radius 3 is 2.67 bits per heavy atom. The van der Waals surface area contributed by atoms with Crippen LogP contribution in [0.15, 0.2) is 42.6 Å². The minimum Gasteiger partial charge on any atom is -0.479 e. The highest BCUT2D eigenvalue weighted by Gasteiger charge is 2.37. The topological polar surface area (TPSA) is 92.8 Å². The Balaban J connectivity index is 1.49. The number of piperidine rings is 1. The van der Waals surface area contributed by atoms with E-state index in [0.717, 1.165) is 72.6 Å². The van der Waals surface area contributed by atoms with Crippen LogP contribution in [0.3, 0.4) is 0 Å². The molecule has 10 heteroatoms. The van der Waals surface area contributed by atoms with Crippen molar-refractivity contribution in [2.45, 2.75) is 91.3 Å². The second-order valence-electron chi connectivity index (χ2n) is 13.7. The maximum absolute atomic E-state index is 14.2. The summed E-state index contributed by atoms with van der Waals surface area (Å²) in [4.78, 5) is 25.6. The fourth-order valence-electron chi connectivity index (χ4n) is 6.45. The first-order chi connectivity index (χ1) is 21.4. The first-order valence-corrected chi connectivity index (χ1v) is 16.7. The van der Waals surface area contributed by atoms with Crippen LogP contribution in [0.25, 0.3) is 16.3 Å². The number of carboxylic acids is 1. The molecule has 0 amide bonds. The third-order valence-electron chi connectivity index (χ3n) is 8.86. The van der Waals surface area contributed by atoms with Gasteiger partial charge in [-0.3, -0.25) is 0 Å². The Bertz CT molecular complexity index is 1750. The fourth-order valence-corrected chi connectivity index (χ4v) is 7.34. The number of carboxylic acid groups (broad SMARTS) is 1. The lowest BCUT2D eigenvalue weighted by Crippen LogP contribution is -2.40. The summed E-state index contributed by atoms with van der Waals surface area (Å²) in [7, 11) is 0. The summed E-state index contributed by atoms with van der Waals surface area (Å²) >= 11 is 1.57. The Hall–Kier alpha value is -3.63. The van der Waals surface area contributed by atoms with E-state index in [1.165, 1.54) is 6.07 Å². The highest BCUT2D eigenvalue weighted by Crippen LogP contribution is 2.40. The van der Waals surface area contributed by atoms with Crippen LogP contribution >= 0.6 is 11.3 Å². The van der Waals surface area contributed by atoms with Crippen molar-refractivity contribution in [1.29, 1.82) is 0 Å². The summed E-state index contributed by atoms with van der Waals surface area (Å²) in [5.41, 5.74) is 3.98. The molecule has 0 saturated carbocycles. The zero-order chi connectivity index (χ0) is 31.9. The number of aryl methyl sites for hydroxylation is 2. The molecule has 0 unspecified atom stereocenters. The summed E-state index contributed by atoms with van der Waals surface area (Å²) in [6.45, 7) is 11.2. The monoisotopic (exact) mass is 631 g/mol. The minimum absolute atomic E-state index is 0.0368. The van der Waals surface area contributed by atoms with E-state index in [4.69, 9.17) is 19.8 Å². The Morgan fingerprint density at radius 1 is 1.16 bits per heavy atom. The fraction of sp³-hybridized carbons (Fsp3) is 0.486. The molecule has 0 aliphatic carbocycles. The number of aromatic nitrogens is 4. The third kappa shape index (κ3) is 6.82. The standard InChI is InChI=1S/C35H42FN5O3S/c1-22-29(30(33(42)43)44-34(2,3)4)32-40-16-14-35(5,15-17-40)13-9-7-6-8-10-23-18-25(36)12-11-24(23)19-26-21-37-31(45-26)27-20-28(38-22)41(32)39-27/h9,11-13,18,20-21,30H,6-8,10,14-17,19H2,1-5H3,(H,42,43)/b13-9+/t30-/m0/s1. The predicted octanol–water partition coefficient (Wildman–Crippen LogP) is 7.72. The van der Waals surface area contributed by atoms with E-state index >= 15 is 0 Å². The van der Waals surface area contributed by atoms with Crippen LogP contribution < -0.4 is 4.90 Å². The Morgan fingerprint density at radius 2 is 1.93 bits per heavy atom. The molecule has 6 heterocycles. The number of fused-ring (bicyclic) bond motifs is 6. The molecule has 45 heavy (non-hydrogen) atoms. The number of benzene rings is 1. The predicted molar refractivity (Wildman–Crippen MR) is 176 cm³/mol. The molecule has 3 aromatic heterocycles. The number of rotatable bonds is 3.